The van der Waals surface area contributed by atoms with Gasteiger partial charge in [0.25, 0.3) is 11.5 Å². The number of aryl methyl sites for hydroxylation is 2. The zero-order valence-electron chi connectivity index (χ0n) is 19.3. The molecule has 1 atom stereocenters. The molecule has 1 unspecified atom stereocenters. The maximum absolute atomic E-state index is 13.6. The molecule has 1 amide bonds. The van der Waals surface area contributed by atoms with Gasteiger partial charge < -0.3 is 14.6 Å². The quantitative estimate of drug-likeness (QED) is 0.415. The Kier molecular flexibility index (Phi) is 5.23. The Bertz CT molecular complexity index is 1640. The number of aromatic amines is 1. The minimum atomic E-state index is -0.344. The lowest BCUT2D eigenvalue weighted by Gasteiger charge is -2.33. The summed E-state index contributed by atoms with van der Waals surface area (Å²) < 4.78 is 7.72. The first kappa shape index (κ1) is 21.7. The van der Waals surface area contributed by atoms with Crippen molar-refractivity contribution >= 4 is 33.9 Å². The zero-order valence-corrected chi connectivity index (χ0v) is 20.1. The van der Waals surface area contributed by atoms with Crippen molar-refractivity contribution in [1.82, 2.24) is 24.5 Å². The minimum Gasteiger partial charge on any atom is -0.370 e. The van der Waals surface area contributed by atoms with Crippen LogP contribution >= 0.6 is 11.3 Å². The number of hydrogen-bond donors (Lipinski definition) is 1. The summed E-state index contributed by atoms with van der Waals surface area (Å²) >= 11 is 1.56. The maximum atomic E-state index is 13.6. The first-order valence-corrected chi connectivity index (χ1v) is 12.3. The number of rotatable bonds is 3. The topological polar surface area (TPSA) is 92.6 Å². The summed E-state index contributed by atoms with van der Waals surface area (Å²) in [4.78, 5) is 32.1. The summed E-state index contributed by atoms with van der Waals surface area (Å²) in [5.41, 5.74) is 4.72. The van der Waals surface area contributed by atoms with Gasteiger partial charge in [0.1, 0.15) is 6.10 Å². The Morgan fingerprint density at radius 3 is 2.71 bits per heavy atom. The van der Waals surface area contributed by atoms with E-state index in [0.717, 1.165) is 27.1 Å². The number of nitrogens with one attached hydrogen (secondary N) is 1. The lowest BCUT2D eigenvalue weighted by Crippen LogP contribution is -2.42. The van der Waals surface area contributed by atoms with E-state index in [0.29, 0.717) is 36.6 Å². The second kappa shape index (κ2) is 8.44. The number of nitrogens with zero attached hydrogens (tertiary/aromatic N) is 4. The second-order valence-corrected chi connectivity index (χ2v) is 9.69. The largest absolute Gasteiger partial charge is 0.370 e. The van der Waals surface area contributed by atoms with Gasteiger partial charge in [-0.25, -0.2) is 0 Å². The van der Waals surface area contributed by atoms with Crippen LogP contribution < -0.4 is 5.56 Å². The van der Waals surface area contributed by atoms with Gasteiger partial charge in [-0.05, 0) is 54.1 Å². The molecule has 2 aromatic carbocycles. The molecule has 1 N–H and O–H groups in total. The third-order valence-electron chi connectivity index (χ3n) is 6.52. The first-order valence-electron chi connectivity index (χ1n) is 11.4. The standard InChI is InChI=1S/C26H23N5O3S/c1-15-8-11-35-22(15)23-28-29-24-25(32)27-19-13-18(16(2)12-20(19)31(23)24)26(33)30-9-10-34-21(14-30)17-6-4-3-5-7-17/h3-8,11-13,21H,9-10,14H2,1-2H3,(H,27,32). The summed E-state index contributed by atoms with van der Waals surface area (Å²) in [5, 5.41) is 10.5. The van der Waals surface area contributed by atoms with Crippen molar-refractivity contribution in [3.8, 4) is 10.7 Å². The molecule has 3 aromatic heterocycles. The van der Waals surface area contributed by atoms with Gasteiger partial charge in [0.15, 0.2) is 5.82 Å². The molecular formula is C26H23N5O3S. The predicted molar refractivity (Wildman–Crippen MR) is 135 cm³/mol. The van der Waals surface area contributed by atoms with Gasteiger partial charge in [-0.15, -0.1) is 21.5 Å². The molecule has 0 bridgehead atoms. The highest BCUT2D eigenvalue weighted by atomic mass is 32.1. The minimum absolute atomic E-state index is 0.0762. The second-order valence-electron chi connectivity index (χ2n) is 8.78. The van der Waals surface area contributed by atoms with Crippen LogP contribution in [0.15, 0.2) is 58.7 Å². The van der Waals surface area contributed by atoms with Crippen LogP contribution in [-0.4, -0.2) is 50.1 Å². The molecule has 9 heteroatoms. The number of ether oxygens (including phenoxy) is 1. The van der Waals surface area contributed by atoms with E-state index in [9.17, 15) is 9.59 Å². The third-order valence-corrected chi connectivity index (χ3v) is 7.53. The molecule has 6 rings (SSSR count). The number of morpholine rings is 1. The highest BCUT2D eigenvalue weighted by Gasteiger charge is 2.27. The molecule has 176 valence electrons. The molecule has 1 aliphatic heterocycles. The van der Waals surface area contributed by atoms with Crippen LogP contribution in [-0.2, 0) is 4.74 Å². The van der Waals surface area contributed by atoms with Gasteiger partial charge in [-0.1, -0.05) is 30.3 Å². The highest BCUT2D eigenvalue weighted by molar-refractivity contribution is 7.13. The zero-order chi connectivity index (χ0) is 24.1. The van der Waals surface area contributed by atoms with Crippen LogP contribution in [0.25, 0.3) is 27.4 Å². The molecule has 0 aliphatic carbocycles. The van der Waals surface area contributed by atoms with Gasteiger partial charge in [0.05, 0.1) is 29.1 Å². The van der Waals surface area contributed by atoms with E-state index >= 15 is 0 Å². The number of carbonyl (C=O) groups is 1. The third kappa shape index (κ3) is 3.64. The normalized spacial score (nSPS) is 16.3. The number of carbonyl (C=O) groups excluding carboxylic acids is 1. The van der Waals surface area contributed by atoms with Gasteiger partial charge in [0, 0.05) is 12.1 Å². The smallest absolute Gasteiger partial charge is 0.294 e. The number of hydrogen-bond acceptors (Lipinski definition) is 6. The number of thiophene rings is 1. The monoisotopic (exact) mass is 485 g/mol. The van der Waals surface area contributed by atoms with Crippen molar-refractivity contribution in [1.29, 1.82) is 0 Å². The molecule has 1 saturated heterocycles. The van der Waals surface area contributed by atoms with Gasteiger partial charge >= 0.3 is 0 Å². The van der Waals surface area contributed by atoms with Crippen LogP contribution in [0.2, 0.25) is 0 Å². The van der Waals surface area contributed by atoms with Gasteiger partial charge in [-0.3, -0.25) is 14.0 Å². The molecule has 8 nitrogen and oxygen atoms in total. The summed E-state index contributed by atoms with van der Waals surface area (Å²) in [5.74, 6) is 0.550. The summed E-state index contributed by atoms with van der Waals surface area (Å²) in [6.45, 7) is 5.39. The molecule has 5 aromatic rings. The fraction of sp³-hybridized carbons (Fsp3) is 0.231. The Morgan fingerprint density at radius 2 is 1.94 bits per heavy atom. The summed E-state index contributed by atoms with van der Waals surface area (Å²) in [7, 11) is 0. The van der Waals surface area contributed by atoms with Crippen molar-refractivity contribution in [3.63, 3.8) is 0 Å². The van der Waals surface area contributed by atoms with Gasteiger partial charge in [0.2, 0.25) is 5.65 Å². The van der Waals surface area contributed by atoms with E-state index in [4.69, 9.17) is 4.74 Å². The number of benzene rings is 2. The van der Waals surface area contributed by atoms with Crippen LogP contribution in [0.3, 0.4) is 0 Å². The molecule has 0 saturated carbocycles. The van der Waals surface area contributed by atoms with E-state index in [1.807, 2.05) is 66.6 Å². The lowest BCUT2D eigenvalue weighted by molar-refractivity contribution is -0.0228. The average molecular weight is 486 g/mol. The number of H-pyrrole nitrogens is 1. The number of aromatic nitrogens is 4. The van der Waals surface area contributed by atoms with Gasteiger partial charge in [-0.2, -0.15) is 0 Å². The molecule has 35 heavy (non-hydrogen) atoms. The van der Waals surface area contributed by atoms with E-state index in [1.54, 1.807) is 21.8 Å². The van der Waals surface area contributed by atoms with Crippen LogP contribution in [0, 0.1) is 13.8 Å². The molecule has 1 aliphatic rings. The fourth-order valence-electron chi connectivity index (χ4n) is 4.67. The van der Waals surface area contributed by atoms with E-state index in [1.165, 1.54) is 0 Å². The lowest BCUT2D eigenvalue weighted by atomic mass is 10.0. The van der Waals surface area contributed by atoms with Crippen LogP contribution in [0.4, 0.5) is 0 Å². The molecular weight excluding hydrogens is 462 g/mol. The van der Waals surface area contributed by atoms with E-state index in [2.05, 4.69) is 15.2 Å². The molecule has 1 fully saturated rings. The molecule has 0 spiro atoms. The maximum Gasteiger partial charge on any atom is 0.294 e. The average Bonchev–Trinajstić information content (AvgIpc) is 3.51. The first-order chi connectivity index (χ1) is 17.0. The van der Waals surface area contributed by atoms with Crippen molar-refractivity contribution in [2.24, 2.45) is 0 Å². The molecule has 0 radical (unpaired) electrons. The predicted octanol–water partition coefficient (Wildman–Crippen LogP) is 4.13. The number of fused-ring (bicyclic) bond motifs is 3. The Morgan fingerprint density at radius 1 is 1.11 bits per heavy atom. The Balaban J connectivity index is 1.42. The SMILES string of the molecule is Cc1cc2c(cc1C(=O)N1CCOC(c3ccccc3)C1)[nH]c(=O)c1nnc(-c3sccc3C)n12. The van der Waals surface area contributed by atoms with Crippen molar-refractivity contribution in [2.75, 3.05) is 19.7 Å². The van der Waals surface area contributed by atoms with Crippen molar-refractivity contribution < 1.29 is 9.53 Å². The Hall–Kier alpha value is -3.82. The van der Waals surface area contributed by atoms with E-state index in [-0.39, 0.29) is 23.2 Å². The fourth-order valence-corrected chi connectivity index (χ4v) is 5.57. The highest BCUT2D eigenvalue weighted by Crippen LogP contribution is 2.30. The van der Waals surface area contributed by atoms with E-state index < -0.39 is 0 Å². The Labute approximate surface area is 204 Å². The van der Waals surface area contributed by atoms with Crippen LogP contribution in [0.5, 0.6) is 0 Å². The summed E-state index contributed by atoms with van der Waals surface area (Å²) in [6, 6.07) is 15.7. The summed E-state index contributed by atoms with van der Waals surface area (Å²) in [6.07, 6.45) is -0.164. The van der Waals surface area contributed by atoms with Crippen LogP contribution in [0.1, 0.15) is 33.2 Å². The molecule has 4 heterocycles. The van der Waals surface area contributed by atoms with Crippen molar-refractivity contribution in [2.45, 2.75) is 20.0 Å². The van der Waals surface area contributed by atoms with Crippen molar-refractivity contribution in [3.05, 3.63) is 86.5 Å². The number of amides is 1.